The molecule has 5 nitrogen and oxygen atoms in total. The summed E-state index contributed by atoms with van der Waals surface area (Å²) in [6, 6.07) is 9.13. The van der Waals surface area contributed by atoms with Crippen molar-refractivity contribution < 1.29 is 4.79 Å². The highest BCUT2D eigenvalue weighted by molar-refractivity contribution is 6.04. The molecule has 3 rings (SSSR count). The summed E-state index contributed by atoms with van der Waals surface area (Å²) >= 11 is 0. The molecule has 0 atom stereocenters. The number of nitrogens with zero attached hydrogens (tertiary/aromatic N) is 3. The van der Waals surface area contributed by atoms with Crippen LogP contribution >= 0.6 is 0 Å². The average Bonchev–Trinajstić information content (AvgIpc) is 2.53. The minimum Gasteiger partial charge on any atom is -0.348 e. The van der Waals surface area contributed by atoms with Gasteiger partial charge in [-0.3, -0.25) is 19.7 Å². The Labute approximate surface area is 115 Å². The van der Waals surface area contributed by atoms with Crippen LogP contribution in [-0.4, -0.2) is 20.9 Å². The van der Waals surface area contributed by atoms with E-state index < -0.39 is 0 Å². The number of amides is 1. The number of benzene rings is 1. The van der Waals surface area contributed by atoms with Crippen molar-refractivity contribution in [2.24, 2.45) is 0 Å². The number of carbonyl (C=O) groups is 1. The van der Waals surface area contributed by atoms with Gasteiger partial charge in [-0.15, -0.1) is 0 Å². The third-order valence-electron chi connectivity index (χ3n) is 2.92. The van der Waals surface area contributed by atoms with Gasteiger partial charge in [0, 0.05) is 31.3 Å². The minimum atomic E-state index is -0.167. The first-order valence-electron chi connectivity index (χ1n) is 6.21. The fourth-order valence-electron chi connectivity index (χ4n) is 1.96. The third-order valence-corrected chi connectivity index (χ3v) is 2.92. The van der Waals surface area contributed by atoms with Crippen LogP contribution in [0.1, 0.15) is 15.9 Å². The lowest BCUT2D eigenvalue weighted by molar-refractivity contribution is 0.0952. The number of fused-ring (bicyclic) bond motifs is 1. The van der Waals surface area contributed by atoms with Crippen LogP contribution in [0.5, 0.6) is 0 Å². The molecule has 98 valence electrons. The normalized spacial score (nSPS) is 10.4. The van der Waals surface area contributed by atoms with Gasteiger partial charge >= 0.3 is 0 Å². The zero-order chi connectivity index (χ0) is 13.8. The van der Waals surface area contributed by atoms with Crippen LogP contribution in [0.15, 0.2) is 55.1 Å². The number of carbonyl (C=O) groups excluding carboxylic acids is 1. The van der Waals surface area contributed by atoms with Gasteiger partial charge in [-0.1, -0.05) is 12.1 Å². The summed E-state index contributed by atoms with van der Waals surface area (Å²) in [5, 5.41) is 2.86. The molecule has 0 saturated carbocycles. The van der Waals surface area contributed by atoms with Crippen molar-refractivity contribution in [1.29, 1.82) is 0 Å². The third kappa shape index (κ3) is 2.47. The van der Waals surface area contributed by atoms with Crippen molar-refractivity contribution >= 4 is 16.9 Å². The van der Waals surface area contributed by atoms with E-state index in [1.165, 1.54) is 0 Å². The van der Waals surface area contributed by atoms with Crippen LogP contribution < -0.4 is 5.32 Å². The van der Waals surface area contributed by atoms with E-state index in [1.54, 1.807) is 36.9 Å². The molecule has 20 heavy (non-hydrogen) atoms. The predicted octanol–water partition coefficient (Wildman–Crippen LogP) is 1.95. The van der Waals surface area contributed by atoms with Gasteiger partial charge < -0.3 is 5.32 Å². The molecule has 0 radical (unpaired) electrons. The fourth-order valence-corrected chi connectivity index (χ4v) is 1.96. The maximum Gasteiger partial charge on any atom is 0.253 e. The van der Waals surface area contributed by atoms with Gasteiger partial charge in [0.1, 0.15) is 5.52 Å². The van der Waals surface area contributed by atoms with E-state index in [1.807, 2.05) is 18.2 Å². The SMILES string of the molecule is O=C(NCc1cccnc1)c1cccc2nccnc12. The molecule has 2 heterocycles. The number of nitrogens with one attached hydrogen (secondary N) is 1. The van der Waals surface area contributed by atoms with Crippen LogP contribution in [0.2, 0.25) is 0 Å². The number of aromatic nitrogens is 3. The monoisotopic (exact) mass is 264 g/mol. The summed E-state index contributed by atoms with van der Waals surface area (Å²) in [6.45, 7) is 0.434. The van der Waals surface area contributed by atoms with Gasteiger partial charge in [0.25, 0.3) is 5.91 Å². The Bertz CT molecular complexity index is 738. The number of para-hydroxylation sites is 1. The van der Waals surface area contributed by atoms with Crippen LogP contribution in [0, 0.1) is 0 Å². The van der Waals surface area contributed by atoms with E-state index in [4.69, 9.17) is 0 Å². The zero-order valence-electron chi connectivity index (χ0n) is 10.7. The van der Waals surface area contributed by atoms with Crippen molar-refractivity contribution in [2.75, 3.05) is 0 Å². The highest BCUT2D eigenvalue weighted by Crippen LogP contribution is 2.13. The molecule has 5 heteroatoms. The van der Waals surface area contributed by atoms with E-state index in [2.05, 4.69) is 20.3 Å². The van der Waals surface area contributed by atoms with E-state index >= 15 is 0 Å². The molecule has 2 aromatic heterocycles. The predicted molar refractivity (Wildman–Crippen MR) is 74.9 cm³/mol. The highest BCUT2D eigenvalue weighted by Gasteiger charge is 2.10. The molecule has 3 aromatic rings. The number of pyridine rings is 1. The van der Waals surface area contributed by atoms with Crippen LogP contribution in [0.4, 0.5) is 0 Å². The van der Waals surface area contributed by atoms with Crippen molar-refractivity contribution in [2.45, 2.75) is 6.54 Å². The molecule has 0 aliphatic heterocycles. The second-order valence-corrected chi connectivity index (χ2v) is 4.27. The van der Waals surface area contributed by atoms with Crippen LogP contribution in [-0.2, 0) is 6.54 Å². The first-order valence-corrected chi connectivity index (χ1v) is 6.21. The fraction of sp³-hybridized carbons (Fsp3) is 0.0667. The topological polar surface area (TPSA) is 67.8 Å². The molecule has 0 bridgehead atoms. The number of hydrogen-bond donors (Lipinski definition) is 1. The van der Waals surface area contributed by atoms with Gasteiger partial charge in [-0.2, -0.15) is 0 Å². The van der Waals surface area contributed by atoms with Gasteiger partial charge in [0.2, 0.25) is 0 Å². The van der Waals surface area contributed by atoms with E-state index in [-0.39, 0.29) is 5.91 Å². The molecular weight excluding hydrogens is 252 g/mol. The Morgan fingerprint density at radius 2 is 1.95 bits per heavy atom. The highest BCUT2D eigenvalue weighted by atomic mass is 16.1. The minimum absolute atomic E-state index is 0.167. The second kappa shape index (κ2) is 5.44. The van der Waals surface area contributed by atoms with Gasteiger partial charge in [0.05, 0.1) is 11.1 Å². The Hall–Kier alpha value is -2.82. The molecule has 0 aliphatic carbocycles. The average molecular weight is 264 g/mol. The molecule has 0 saturated heterocycles. The molecule has 1 N–H and O–H groups in total. The Morgan fingerprint density at radius 3 is 2.80 bits per heavy atom. The smallest absolute Gasteiger partial charge is 0.253 e. The van der Waals surface area contributed by atoms with E-state index in [9.17, 15) is 4.79 Å². The number of hydrogen-bond acceptors (Lipinski definition) is 4. The molecule has 0 unspecified atom stereocenters. The number of rotatable bonds is 3. The summed E-state index contributed by atoms with van der Waals surface area (Å²) < 4.78 is 0. The van der Waals surface area contributed by atoms with Gasteiger partial charge in [-0.05, 0) is 23.8 Å². The van der Waals surface area contributed by atoms with Crippen molar-refractivity contribution in [3.63, 3.8) is 0 Å². The van der Waals surface area contributed by atoms with Crippen LogP contribution in [0.3, 0.4) is 0 Å². The first-order chi connectivity index (χ1) is 9.84. The Balaban J connectivity index is 1.82. The maximum atomic E-state index is 12.2. The Kier molecular flexibility index (Phi) is 3.33. The molecular formula is C15H12N4O. The molecule has 0 spiro atoms. The zero-order valence-corrected chi connectivity index (χ0v) is 10.7. The largest absolute Gasteiger partial charge is 0.348 e. The summed E-state index contributed by atoms with van der Waals surface area (Å²) in [4.78, 5) is 24.7. The van der Waals surface area contributed by atoms with Gasteiger partial charge in [-0.25, -0.2) is 0 Å². The van der Waals surface area contributed by atoms with E-state index in [0.29, 0.717) is 23.1 Å². The molecule has 1 amide bonds. The molecule has 0 fully saturated rings. The van der Waals surface area contributed by atoms with E-state index in [0.717, 1.165) is 5.56 Å². The maximum absolute atomic E-state index is 12.2. The lowest BCUT2D eigenvalue weighted by atomic mass is 10.1. The quantitative estimate of drug-likeness (QED) is 0.785. The lowest BCUT2D eigenvalue weighted by Crippen LogP contribution is -2.23. The summed E-state index contributed by atoms with van der Waals surface area (Å²) in [5.41, 5.74) is 2.80. The summed E-state index contributed by atoms with van der Waals surface area (Å²) in [7, 11) is 0. The molecule has 1 aromatic carbocycles. The standard InChI is InChI=1S/C15H12N4O/c20-15(19-10-11-3-2-6-16-9-11)12-4-1-5-13-14(12)18-8-7-17-13/h1-9H,10H2,(H,19,20). The van der Waals surface area contributed by atoms with Gasteiger partial charge in [0.15, 0.2) is 0 Å². The first kappa shape index (κ1) is 12.2. The van der Waals surface area contributed by atoms with Crippen LogP contribution in [0.25, 0.3) is 11.0 Å². The summed E-state index contributed by atoms with van der Waals surface area (Å²) in [6.07, 6.45) is 6.62. The second-order valence-electron chi connectivity index (χ2n) is 4.27. The lowest BCUT2D eigenvalue weighted by Gasteiger charge is -2.06. The Morgan fingerprint density at radius 1 is 1.05 bits per heavy atom. The summed E-state index contributed by atoms with van der Waals surface area (Å²) in [5.74, 6) is -0.167. The van der Waals surface area contributed by atoms with Crippen molar-refractivity contribution in [3.05, 3.63) is 66.2 Å². The van der Waals surface area contributed by atoms with Crippen molar-refractivity contribution in [1.82, 2.24) is 20.3 Å². The molecule has 0 aliphatic rings. The van der Waals surface area contributed by atoms with Crippen molar-refractivity contribution in [3.8, 4) is 0 Å².